The number of nitrogens with one attached hydrogen (secondary N) is 1. The Morgan fingerprint density at radius 2 is 2.16 bits per heavy atom. The van der Waals surface area contributed by atoms with Crippen molar-refractivity contribution >= 4 is 32.7 Å². The summed E-state index contributed by atoms with van der Waals surface area (Å²) < 4.78 is 5.84. The van der Waals surface area contributed by atoms with E-state index in [-0.39, 0.29) is 6.04 Å². The van der Waals surface area contributed by atoms with Crippen LogP contribution in [0.2, 0.25) is 0 Å². The summed E-state index contributed by atoms with van der Waals surface area (Å²) >= 11 is 3.46. The van der Waals surface area contributed by atoms with Crippen molar-refractivity contribution in [1.82, 2.24) is 15.1 Å². The minimum absolute atomic E-state index is 0.0100. The lowest BCUT2D eigenvalue weighted by atomic mass is 10.2. The van der Waals surface area contributed by atoms with Crippen LogP contribution in [0.4, 0.5) is 5.82 Å². The topological polar surface area (TPSA) is 63.8 Å². The van der Waals surface area contributed by atoms with E-state index in [0.29, 0.717) is 0 Å². The Hall–Kier alpha value is -1.95. The molecule has 3 rings (SSSR count). The second kappa shape index (κ2) is 4.97. The minimum atomic E-state index is 0.0100. The average molecular weight is 319 g/mol. The summed E-state index contributed by atoms with van der Waals surface area (Å²) in [5.74, 6) is 0.779. The Morgan fingerprint density at radius 1 is 1.26 bits per heavy atom. The van der Waals surface area contributed by atoms with Gasteiger partial charge >= 0.3 is 0 Å². The quantitative estimate of drug-likeness (QED) is 0.800. The number of anilines is 1. The van der Waals surface area contributed by atoms with Gasteiger partial charge in [0.25, 0.3) is 0 Å². The molecule has 1 aromatic carbocycles. The molecule has 96 valence electrons. The molecule has 0 aliphatic heterocycles. The molecular weight excluding hydrogens is 308 g/mol. The molecule has 0 radical (unpaired) electrons. The number of nitrogens with zero attached hydrogens (tertiary/aromatic N) is 3. The van der Waals surface area contributed by atoms with Crippen LogP contribution in [0.1, 0.15) is 18.7 Å². The van der Waals surface area contributed by atoms with Crippen molar-refractivity contribution in [1.29, 1.82) is 0 Å². The molecule has 5 nitrogen and oxygen atoms in total. The first kappa shape index (κ1) is 12.1. The summed E-state index contributed by atoms with van der Waals surface area (Å²) in [4.78, 5) is 8.54. The number of benzene rings is 1. The van der Waals surface area contributed by atoms with Gasteiger partial charge < -0.3 is 9.84 Å². The molecule has 2 heterocycles. The molecule has 0 amide bonds. The van der Waals surface area contributed by atoms with E-state index in [1.54, 1.807) is 12.6 Å². The zero-order valence-corrected chi connectivity index (χ0v) is 11.8. The van der Waals surface area contributed by atoms with Gasteiger partial charge in [-0.1, -0.05) is 21.1 Å². The van der Waals surface area contributed by atoms with Crippen molar-refractivity contribution < 1.29 is 4.52 Å². The maximum Gasteiger partial charge on any atom is 0.137 e. The highest BCUT2D eigenvalue weighted by atomic mass is 79.9. The molecule has 0 bridgehead atoms. The maximum atomic E-state index is 4.85. The summed E-state index contributed by atoms with van der Waals surface area (Å²) in [5.41, 5.74) is 1.73. The molecule has 0 aliphatic rings. The molecule has 0 spiro atoms. The number of halogens is 1. The normalized spacial score (nSPS) is 12.5. The van der Waals surface area contributed by atoms with E-state index in [0.717, 1.165) is 26.9 Å². The predicted molar refractivity (Wildman–Crippen MR) is 75.8 cm³/mol. The molecule has 0 saturated carbocycles. The molecule has 19 heavy (non-hydrogen) atoms. The van der Waals surface area contributed by atoms with E-state index < -0.39 is 0 Å². The van der Waals surface area contributed by atoms with E-state index in [1.807, 2.05) is 31.2 Å². The van der Waals surface area contributed by atoms with Gasteiger partial charge in [-0.2, -0.15) is 0 Å². The van der Waals surface area contributed by atoms with Crippen LogP contribution in [0.5, 0.6) is 0 Å². The molecule has 1 N–H and O–H groups in total. The second-order valence-corrected chi connectivity index (χ2v) is 5.09. The third-order valence-corrected chi connectivity index (χ3v) is 3.35. The lowest BCUT2D eigenvalue weighted by Crippen LogP contribution is -2.08. The zero-order valence-electron chi connectivity index (χ0n) is 10.2. The Labute approximate surface area is 118 Å². The molecular formula is C13H11BrN4O. The first-order valence-electron chi connectivity index (χ1n) is 5.81. The lowest BCUT2D eigenvalue weighted by molar-refractivity contribution is 0.409. The van der Waals surface area contributed by atoms with Crippen molar-refractivity contribution in [3.63, 3.8) is 0 Å². The van der Waals surface area contributed by atoms with Gasteiger partial charge in [0, 0.05) is 15.9 Å². The molecule has 0 saturated heterocycles. The minimum Gasteiger partial charge on any atom is -0.364 e. The van der Waals surface area contributed by atoms with Gasteiger partial charge in [0.05, 0.1) is 11.6 Å². The van der Waals surface area contributed by atoms with E-state index in [2.05, 4.69) is 36.4 Å². The van der Waals surface area contributed by atoms with E-state index in [1.165, 1.54) is 0 Å². The van der Waals surface area contributed by atoms with E-state index in [4.69, 9.17) is 4.52 Å². The molecule has 0 fully saturated rings. The molecule has 1 unspecified atom stereocenters. The molecule has 2 aromatic heterocycles. The predicted octanol–water partition coefficient (Wildman–Crippen LogP) is 3.55. The van der Waals surface area contributed by atoms with Crippen molar-refractivity contribution in [3.8, 4) is 0 Å². The van der Waals surface area contributed by atoms with Crippen molar-refractivity contribution in [2.24, 2.45) is 0 Å². The summed E-state index contributed by atoms with van der Waals surface area (Å²) in [6.45, 7) is 2.00. The van der Waals surface area contributed by atoms with Crippen molar-refractivity contribution in [2.75, 3.05) is 5.32 Å². The molecule has 6 heteroatoms. The summed E-state index contributed by atoms with van der Waals surface area (Å²) in [5, 5.41) is 8.20. The maximum absolute atomic E-state index is 4.85. The SMILES string of the molecule is CC(Nc1ncnc2ccc(Br)cc12)c1ccon1. The third kappa shape index (κ3) is 2.44. The average Bonchev–Trinajstić information content (AvgIpc) is 2.93. The highest BCUT2D eigenvalue weighted by Gasteiger charge is 2.11. The lowest BCUT2D eigenvalue weighted by Gasteiger charge is -2.13. The van der Waals surface area contributed by atoms with Crippen LogP contribution in [0.15, 0.2) is 45.9 Å². The van der Waals surface area contributed by atoms with Crippen LogP contribution >= 0.6 is 15.9 Å². The summed E-state index contributed by atoms with van der Waals surface area (Å²) in [6, 6.07) is 7.74. The first-order valence-corrected chi connectivity index (χ1v) is 6.60. The number of hydrogen-bond acceptors (Lipinski definition) is 5. The number of aromatic nitrogens is 3. The van der Waals surface area contributed by atoms with Crippen LogP contribution in [-0.4, -0.2) is 15.1 Å². The number of fused-ring (bicyclic) bond motifs is 1. The highest BCUT2D eigenvalue weighted by Crippen LogP contribution is 2.25. The van der Waals surface area contributed by atoms with Gasteiger partial charge in [0.15, 0.2) is 0 Å². The van der Waals surface area contributed by atoms with Crippen molar-refractivity contribution in [2.45, 2.75) is 13.0 Å². The highest BCUT2D eigenvalue weighted by molar-refractivity contribution is 9.10. The van der Waals surface area contributed by atoms with Crippen LogP contribution in [-0.2, 0) is 0 Å². The van der Waals surface area contributed by atoms with Gasteiger partial charge in [0.2, 0.25) is 0 Å². The molecule has 0 aliphatic carbocycles. The Kier molecular flexibility index (Phi) is 3.16. The van der Waals surface area contributed by atoms with Crippen molar-refractivity contribution in [3.05, 3.63) is 47.0 Å². The molecule has 3 aromatic rings. The monoisotopic (exact) mass is 318 g/mol. The van der Waals surface area contributed by atoms with E-state index in [9.17, 15) is 0 Å². The van der Waals surface area contributed by atoms with Gasteiger partial charge in [-0.3, -0.25) is 0 Å². The van der Waals surface area contributed by atoms with Crippen LogP contribution < -0.4 is 5.32 Å². The smallest absolute Gasteiger partial charge is 0.137 e. The summed E-state index contributed by atoms with van der Waals surface area (Å²) in [6.07, 6.45) is 3.11. The fourth-order valence-corrected chi connectivity index (χ4v) is 2.23. The van der Waals surface area contributed by atoms with Gasteiger partial charge in [-0.15, -0.1) is 0 Å². The summed E-state index contributed by atoms with van der Waals surface area (Å²) in [7, 11) is 0. The molecule has 1 atom stereocenters. The van der Waals surface area contributed by atoms with Crippen LogP contribution in [0, 0.1) is 0 Å². The van der Waals surface area contributed by atoms with E-state index >= 15 is 0 Å². The van der Waals surface area contributed by atoms with Crippen LogP contribution in [0.25, 0.3) is 10.9 Å². The first-order chi connectivity index (χ1) is 9.24. The largest absolute Gasteiger partial charge is 0.364 e. The van der Waals surface area contributed by atoms with Gasteiger partial charge in [0.1, 0.15) is 24.1 Å². The van der Waals surface area contributed by atoms with Gasteiger partial charge in [-0.25, -0.2) is 9.97 Å². The number of hydrogen-bond donors (Lipinski definition) is 1. The second-order valence-electron chi connectivity index (χ2n) is 4.17. The Balaban J connectivity index is 1.98. The Morgan fingerprint density at radius 3 is 2.95 bits per heavy atom. The Bertz CT molecular complexity index is 699. The van der Waals surface area contributed by atoms with Crippen LogP contribution in [0.3, 0.4) is 0 Å². The van der Waals surface area contributed by atoms with Gasteiger partial charge in [-0.05, 0) is 25.1 Å². The standard InChI is InChI=1S/C13H11BrN4O/c1-8(11-4-5-19-18-11)17-13-10-6-9(14)2-3-12(10)15-7-16-13/h2-8H,1H3,(H,15,16,17). The zero-order chi connectivity index (χ0) is 13.2. The fraction of sp³-hybridized carbons (Fsp3) is 0.154. The third-order valence-electron chi connectivity index (χ3n) is 2.85. The number of rotatable bonds is 3. The fourth-order valence-electron chi connectivity index (χ4n) is 1.87.